The number of nitrogens with one attached hydrogen (secondary N) is 2. The second-order valence-electron chi connectivity index (χ2n) is 4.06. The van der Waals surface area contributed by atoms with Crippen molar-refractivity contribution in [3.8, 4) is 0 Å². The van der Waals surface area contributed by atoms with Crippen LogP contribution in [0.4, 0.5) is 10.5 Å². The molecule has 3 N–H and O–H groups in total. The predicted molar refractivity (Wildman–Crippen MR) is 64.4 cm³/mol. The fourth-order valence-corrected chi connectivity index (χ4v) is 1.64. The Morgan fingerprint density at radius 1 is 1.35 bits per heavy atom. The Balaban J connectivity index is 1.78. The third-order valence-electron chi connectivity index (χ3n) is 2.65. The molecular formula is C12H16N2O3. The van der Waals surface area contributed by atoms with Crippen LogP contribution in [0, 0.1) is 0 Å². The molecule has 0 aliphatic carbocycles. The van der Waals surface area contributed by atoms with Crippen molar-refractivity contribution in [1.29, 1.82) is 0 Å². The monoisotopic (exact) mass is 236 g/mol. The highest BCUT2D eigenvalue weighted by molar-refractivity contribution is 5.64. The molecule has 1 aromatic rings. The smallest absolute Gasteiger partial charge is 0.404 e. The van der Waals surface area contributed by atoms with E-state index in [1.165, 1.54) is 0 Å². The molecule has 1 aliphatic heterocycles. The zero-order chi connectivity index (χ0) is 12.1. The van der Waals surface area contributed by atoms with Gasteiger partial charge in [-0.2, -0.15) is 0 Å². The minimum atomic E-state index is -0.978. The molecule has 0 aromatic heterocycles. The van der Waals surface area contributed by atoms with Crippen LogP contribution in [0.1, 0.15) is 5.56 Å². The zero-order valence-corrected chi connectivity index (χ0v) is 9.48. The van der Waals surface area contributed by atoms with Crippen LogP contribution >= 0.6 is 0 Å². The van der Waals surface area contributed by atoms with Crippen molar-refractivity contribution in [1.82, 2.24) is 5.32 Å². The molecule has 17 heavy (non-hydrogen) atoms. The van der Waals surface area contributed by atoms with Gasteiger partial charge in [-0.05, 0) is 24.1 Å². The molecule has 5 heteroatoms. The van der Waals surface area contributed by atoms with Gasteiger partial charge in [-0.1, -0.05) is 12.1 Å². The zero-order valence-electron chi connectivity index (χ0n) is 9.48. The molecule has 0 bridgehead atoms. The van der Waals surface area contributed by atoms with Gasteiger partial charge in [0, 0.05) is 12.2 Å². The fourth-order valence-electron chi connectivity index (χ4n) is 1.64. The van der Waals surface area contributed by atoms with Crippen LogP contribution in [-0.4, -0.2) is 37.0 Å². The van der Waals surface area contributed by atoms with E-state index in [0.717, 1.165) is 24.5 Å². The summed E-state index contributed by atoms with van der Waals surface area (Å²) < 4.78 is 5.08. The van der Waals surface area contributed by atoms with Crippen molar-refractivity contribution in [2.45, 2.75) is 12.5 Å². The Kier molecular flexibility index (Phi) is 3.82. The molecule has 0 spiro atoms. The molecule has 5 nitrogen and oxygen atoms in total. The maximum atomic E-state index is 10.3. The van der Waals surface area contributed by atoms with Gasteiger partial charge in [-0.25, -0.2) is 4.79 Å². The van der Waals surface area contributed by atoms with Gasteiger partial charge in [-0.15, -0.1) is 0 Å². The third kappa shape index (κ3) is 3.64. The Morgan fingerprint density at radius 2 is 2.06 bits per heavy atom. The largest absolute Gasteiger partial charge is 0.465 e. The molecule has 2 rings (SSSR count). The van der Waals surface area contributed by atoms with Gasteiger partial charge in [0.2, 0.25) is 0 Å². The van der Waals surface area contributed by atoms with E-state index in [-0.39, 0.29) is 0 Å². The number of hydrogen-bond acceptors (Lipinski definition) is 3. The highest BCUT2D eigenvalue weighted by Gasteiger charge is 2.17. The summed E-state index contributed by atoms with van der Waals surface area (Å²) >= 11 is 0. The lowest BCUT2D eigenvalue weighted by Crippen LogP contribution is -2.40. The number of ether oxygens (including phenoxy) is 1. The lowest BCUT2D eigenvalue weighted by Gasteiger charge is -2.27. The van der Waals surface area contributed by atoms with Gasteiger partial charge in [0.15, 0.2) is 0 Å². The summed E-state index contributed by atoms with van der Waals surface area (Å²) in [6.07, 6.45) is -0.271. The van der Waals surface area contributed by atoms with E-state index < -0.39 is 6.09 Å². The van der Waals surface area contributed by atoms with Crippen molar-refractivity contribution in [3.05, 3.63) is 29.8 Å². The Bertz CT molecular complexity index is 374. The van der Waals surface area contributed by atoms with Gasteiger partial charge in [0.05, 0.1) is 19.3 Å². The van der Waals surface area contributed by atoms with E-state index in [2.05, 4.69) is 10.6 Å². The fraction of sp³-hybridized carbons (Fsp3) is 0.417. The first-order valence-electron chi connectivity index (χ1n) is 5.64. The van der Waals surface area contributed by atoms with Crippen molar-refractivity contribution < 1.29 is 14.6 Å². The van der Waals surface area contributed by atoms with E-state index in [0.29, 0.717) is 19.0 Å². The molecule has 1 fully saturated rings. The minimum absolute atomic E-state index is 0.425. The topological polar surface area (TPSA) is 70.6 Å². The highest BCUT2D eigenvalue weighted by Crippen LogP contribution is 2.14. The maximum absolute atomic E-state index is 10.3. The molecule has 0 radical (unpaired) electrons. The molecule has 1 heterocycles. The van der Waals surface area contributed by atoms with Gasteiger partial charge in [0.25, 0.3) is 0 Å². The van der Waals surface area contributed by atoms with Crippen molar-refractivity contribution in [3.63, 3.8) is 0 Å². The summed E-state index contributed by atoms with van der Waals surface area (Å²) in [6, 6.07) is 8.45. The van der Waals surface area contributed by atoms with Crippen molar-refractivity contribution in [2.24, 2.45) is 0 Å². The number of benzene rings is 1. The highest BCUT2D eigenvalue weighted by atomic mass is 16.5. The van der Waals surface area contributed by atoms with Crippen molar-refractivity contribution >= 4 is 11.8 Å². The van der Waals surface area contributed by atoms with Crippen LogP contribution in [0.2, 0.25) is 0 Å². The Morgan fingerprint density at radius 3 is 2.59 bits per heavy atom. The molecule has 1 amide bonds. The normalized spacial score (nSPS) is 15.1. The average Bonchev–Trinajstić information content (AvgIpc) is 2.25. The molecule has 1 aromatic carbocycles. The number of rotatable bonds is 5. The second kappa shape index (κ2) is 5.54. The first kappa shape index (κ1) is 11.7. The molecular weight excluding hydrogens is 220 g/mol. The summed E-state index contributed by atoms with van der Waals surface area (Å²) in [5.41, 5.74) is 2.20. The summed E-state index contributed by atoms with van der Waals surface area (Å²) in [6.45, 7) is 1.98. The first-order chi connectivity index (χ1) is 8.24. The number of anilines is 1. The van der Waals surface area contributed by atoms with Crippen LogP contribution in [0.5, 0.6) is 0 Å². The number of carboxylic acid groups (broad SMARTS) is 1. The van der Waals surface area contributed by atoms with Gasteiger partial charge in [-0.3, -0.25) is 0 Å². The quantitative estimate of drug-likeness (QED) is 0.721. The van der Waals surface area contributed by atoms with Crippen LogP contribution in [0.3, 0.4) is 0 Å². The van der Waals surface area contributed by atoms with Gasteiger partial charge < -0.3 is 20.5 Å². The number of hydrogen-bond donors (Lipinski definition) is 3. The summed E-state index contributed by atoms with van der Waals surface area (Å²) in [4.78, 5) is 10.3. The van der Waals surface area contributed by atoms with Crippen LogP contribution < -0.4 is 10.6 Å². The van der Waals surface area contributed by atoms with Crippen LogP contribution in [-0.2, 0) is 11.2 Å². The second-order valence-corrected chi connectivity index (χ2v) is 4.06. The van der Waals surface area contributed by atoms with E-state index >= 15 is 0 Å². The number of amides is 1. The number of carbonyl (C=O) groups is 1. The minimum Gasteiger partial charge on any atom is -0.465 e. The van der Waals surface area contributed by atoms with E-state index in [9.17, 15) is 4.79 Å². The molecule has 0 saturated carbocycles. The summed E-state index contributed by atoms with van der Waals surface area (Å²) in [7, 11) is 0. The Hall–Kier alpha value is -1.75. The SMILES string of the molecule is O=C(O)NCCc1ccc(NC2COC2)cc1. The first-order valence-corrected chi connectivity index (χ1v) is 5.64. The lowest BCUT2D eigenvalue weighted by atomic mass is 10.1. The van der Waals surface area contributed by atoms with E-state index in [1.807, 2.05) is 24.3 Å². The molecule has 1 saturated heterocycles. The lowest BCUT2D eigenvalue weighted by molar-refractivity contribution is 0.0211. The average molecular weight is 236 g/mol. The van der Waals surface area contributed by atoms with E-state index in [1.54, 1.807) is 0 Å². The molecule has 92 valence electrons. The molecule has 0 atom stereocenters. The summed E-state index contributed by atoms with van der Waals surface area (Å²) in [5.74, 6) is 0. The molecule has 1 aliphatic rings. The van der Waals surface area contributed by atoms with Crippen LogP contribution in [0.25, 0.3) is 0 Å². The molecule has 0 unspecified atom stereocenters. The van der Waals surface area contributed by atoms with Gasteiger partial charge in [0.1, 0.15) is 0 Å². The Labute approximate surface area is 99.8 Å². The van der Waals surface area contributed by atoms with Crippen LogP contribution in [0.15, 0.2) is 24.3 Å². The maximum Gasteiger partial charge on any atom is 0.404 e. The predicted octanol–water partition coefficient (Wildman–Crippen LogP) is 1.31. The summed E-state index contributed by atoms with van der Waals surface area (Å²) in [5, 5.41) is 14.1. The van der Waals surface area contributed by atoms with Gasteiger partial charge >= 0.3 is 6.09 Å². The van der Waals surface area contributed by atoms with E-state index in [4.69, 9.17) is 9.84 Å². The standard InChI is InChI=1S/C12H16N2O3/c15-12(16)13-6-5-9-1-3-10(4-2-9)14-11-7-17-8-11/h1-4,11,13-14H,5-8H2,(H,15,16). The third-order valence-corrected chi connectivity index (χ3v) is 2.65. The van der Waals surface area contributed by atoms with Crippen molar-refractivity contribution in [2.75, 3.05) is 25.1 Å².